The first kappa shape index (κ1) is 15.6. The number of amides is 1. The van der Waals surface area contributed by atoms with Gasteiger partial charge in [0.25, 0.3) is 0 Å². The third-order valence-corrected chi connectivity index (χ3v) is 4.02. The zero-order valence-corrected chi connectivity index (χ0v) is 12.9. The van der Waals surface area contributed by atoms with Crippen molar-refractivity contribution in [2.45, 2.75) is 32.2 Å². The van der Waals surface area contributed by atoms with E-state index >= 15 is 0 Å². The van der Waals surface area contributed by atoms with Crippen LogP contribution in [0.5, 0.6) is 5.75 Å². The number of carbonyl (C=O) groups is 1. The van der Waals surface area contributed by atoms with Crippen molar-refractivity contribution in [2.24, 2.45) is 5.73 Å². The van der Waals surface area contributed by atoms with Gasteiger partial charge in [-0.1, -0.05) is 19.4 Å². The summed E-state index contributed by atoms with van der Waals surface area (Å²) in [5.74, 6) is 0.309. The number of phenols is 1. The summed E-state index contributed by atoms with van der Waals surface area (Å²) in [6.45, 7) is 6.73. The molecule has 1 aromatic carbocycles. The fourth-order valence-electron chi connectivity index (χ4n) is 2.84. The molecule has 1 aliphatic heterocycles. The third-order valence-electron chi connectivity index (χ3n) is 4.02. The van der Waals surface area contributed by atoms with E-state index in [4.69, 9.17) is 5.73 Å². The van der Waals surface area contributed by atoms with Gasteiger partial charge in [0.1, 0.15) is 5.75 Å². The molecule has 0 bridgehead atoms. The predicted molar refractivity (Wildman–Crippen MR) is 84.4 cm³/mol. The number of hydrogen-bond donors (Lipinski definition) is 2. The molecule has 1 saturated heterocycles. The molecule has 2 rings (SSSR count). The number of nitrogens with two attached hydrogens (primary N) is 1. The van der Waals surface area contributed by atoms with Crippen molar-refractivity contribution >= 4 is 11.6 Å². The fraction of sp³-hybridized carbons (Fsp3) is 0.562. The first-order valence-corrected chi connectivity index (χ1v) is 7.56. The minimum Gasteiger partial charge on any atom is -0.508 e. The Labute approximate surface area is 126 Å². The second-order valence-electron chi connectivity index (χ2n) is 5.97. The summed E-state index contributed by atoms with van der Waals surface area (Å²) < 4.78 is 0. The van der Waals surface area contributed by atoms with Gasteiger partial charge in [0.05, 0.1) is 5.54 Å². The molecule has 0 aliphatic carbocycles. The quantitative estimate of drug-likeness (QED) is 0.883. The van der Waals surface area contributed by atoms with Crippen LogP contribution in [-0.2, 0) is 4.79 Å². The Morgan fingerprint density at radius 1 is 1.33 bits per heavy atom. The van der Waals surface area contributed by atoms with Gasteiger partial charge in [-0.2, -0.15) is 0 Å². The maximum atomic E-state index is 12.4. The highest BCUT2D eigenvalue weighted by Crippen LogP contribution is 2.22. The van der Waals surface area contributed by atoms with Crippen LogP contribution in [0, 0.1) is 0 Å². The van der Waals surface area contributed by atoms with E-state index in [1.165, 1.54) is 0 Å². The molecule has 0 spiro atoms. The van der Waals surface area contributed by atoms with E-state index < -0.39 is 5.54 Å². The van der Waals surface area contributed by atoms with Crippen LogP contribution in [0.3, 0.4) is 0 Å². The Morgan fingerprint density at radius 3 is 2.57 bits per heavy atom. The molecule has 0 aromatic heterocycles. The van der Waals surface area contributed by atoms with Crippen LogP contribution in [0.2, 0.25) is 0 Å². The highest BCUT2D eigenvalue weighted by atomic mass is 16.3. The van der Waals surface area contributed by atoms with Gasteiger partial charge in [-0.15, -0.1) is 0 Å². The lowest BCUT2D eigenvalue weighted by Gasteiger charge is -2.39. The van der Waals surface area contributed by atoms with Crippen molar-refractivity contribution < 1.29 is 9.90 Å². The van der Waals surface area contributed by atoms with Crippen molar-refractivity contribution in [3.63, 3.8) is 0 Å². The van der Waals surface area contributed by atoms with Crippen LogP contribution in [0.15, 0.2) is 24.3 Å². The summed E-state index contributed by atoms with van der Waals surface area (Å²) in [6.07, 6.45) is 1.61. The molecule has 3 N–H and O–H groups in total. The van der Waals surface area contributed by atoms with Gasteiger partial charge >= 0.3 is 0 Å². The van der Waals surface area contributed by atoms with Crippen LogP contribution in [-0.4, -0.2) is 47.6 Å². The predicted octanol–water partition coefficient (Wildman–Crippen LogP) is 1.56. The maximum Gasteiger partial charge on any atom is 0.242 e. The molecule has 21 heavy (non-hydrogen) atoms. The van der Waals surface area contributed by atoms with E-state index in [1.54, 1.807) is 12.1 Å². The molecule has 5 nitrogen and oxygen atoms in total. The summed E-state index contributed by atoms with van der Waals surface area (Å²) in [6, 6.07) is 7.22. The molecular formula is C16H25N3O2. The number of anilines is 1. The van der Waals surface area contributed by atoms with Crippen molar-refractivity contribution in [1.29, 1.82) is 0 Å². The van der Waals surface area contributed by atoms with E-state index in [2.05, 4.69) is 4.90 Å². The highest BCUT2D eigenvalue weighted by Gasteiger charge is 2.33. The molecule has 1 aromatic rings. The number of phenolic OH excluding ortho intramolecular Hbond substituents is 1. The number of hydrogen-bond acceptors (Lipinski definition) is 4. The van der Waals surface area contributed by atoms with Crippen molar-refractivity contribution in [3.8, 4) is 5.75 Å². The van der Waals surface area contributed by atoms with E-state index in [0.29, 0.717) is 19.5 Å². The van der Waals surface area contributed by atoms with Gasteiger partial charge in [0.15, 0.2) is 0 Å². The molecule has 5 heteroatoms. The largest absolute Gasteiger partial charge is 0.508 e. The molecule has 1 amide bonds. The second kappa shape index (κ2) is 6.35. The van der Waals surface area contributed by atoms with E-state index in [9.17, 15) is 9.90 Å². The Morgan fingerprint density at radius 2 is 2.00 bits per heavy atom. The first-order chi connectivity index (χ1) is 9.94. The summed E-state index contributed by atoms with van der Waals surface area (Å²) in [5, 5.41) is 9.54. The number of piperazine rings is 1. The minimum absolute atomic E-state index is 0.0416. The van der Waals surface area contributed by atoms with Crippen molar-refractivity contribution in [1.82, 2.24) is 4.90 Å². The molecule has 0 saturated carbocycles. The lowest BCUT2D eigenvalue weighted by molar-refractivity contribution is -0.137. The monoisotopic (exact) mass is 291 g/mol. The lowest BCUT2D eigenvalue weighted by Crippen LogP contribution is -2.58. The number of rotatable bonds is 4. The topological polar surface area (TPSA) is 69.8 Å². The number of aromatic hydroxyl groups is 1. The van der Waals surface area contributed by atoms with Crippen LogP contribution in [0.4, 0.5) is 5.69 Å². The van der Waals surface area contributed by atoms with Gasteiger partial charge < -0.3 is 20.6 Å². The van der Waals surface area contributed by atoms with E-state index in [-0.39, 0.29) is 11.7 Å². The zero-order chi connectivity index (χ0) is 15.5. The van der Waals surface area contributed by atoms with Crippen LogP contribution < -0.4 is 10.6 Å². The van der Waals surface area contributed by atoms with Crippen LogP contribution in [0.1, 0.15) is 26.7 Å². The molecule has 1 unspecified atom stereocenters. The SMILES string of the molecule is CCCC(C)(N)C(=O)N1CCN(c2cccc(O)c2)CC1. The molecule has 1 fully saturated rings. The fourth-order valence-corrected chi connectivity index (χ4v) is 2.84. The minimum atomic E-state index is -0.762. The van der Waals surface area contributed by atoms with Gasteiger partial charge in [-0.05, 0) is 25.5 Å². The average Bonchev–Trinajstić information content (AvgIpc) is 2.46. The van der Waals surface area contributed by atoms with Gasteiger partial charge in [0.2, 0.25) is 5.91 Å². The van der Waals surface area contributed by atoms with Gasteiger partial charge in [-0.25, -0.2) is 0 Å². The Kier molecular flexibility index (Phi) is 4.73. The highest BCUT2D eigenvalue weighted by molar-refractivity contribution is 5.85. The van der Waals surface area contributed by atoms with Crippen molar-refractivity contribution in [2.75, 3.05) is 31.1 Å². The Hall–Kier alpha value is -1.75. The van der Waals surface area contributed by atoms with Crippen LogP contribution >= 0.6 is 0 Å². The standard InChI is InChI=1S/C16H25N3O2/c1-3-7-16(2,17)15(21)19-10-8-18(9-11-19)13-5-4-6-14(20)12-13/h4-6,12,20H,3,7-11,17H2,1-2H3. The lowest BCUT2D eigenvalue weighted by atomic mass is 9.95. The molecule has 1 atom stereocenters. The van der Waals surface area contributed by atoms with E-state index in [1.807, 2.05) is 30.9 Å². The molecule has 1 heterocycles. The summed E-state index contributed by atoms with van der Waals surface area (Å²) in [7, 11) is 0. The number of benzene rings is 1. The van der Waals surface area contributed by atoms with Crippen molar-refractivity contribution in [3.05, 3.63) is 24.3 Å². The Balaban J connectivity index is 1.96. The molecule has 1 aliphatic rings. The number of nitrogens with zero attached hydrogens (tertiary/aromatic N) is 2. The average molecular weight is 291 g/mol. The maximum absolute atomic E-state index is 12.4. The Bertz CT molecular complexity index is 494. The van der Waals surface area contributed by atoms with E-state index in [0.717, 1.165) is 25.2 Å². The number of carbonyl (C=O) groups excluding carboxylic acids is 1. The van der Waals surface area contributed by atoms with Crippen LogP contribution in [0.25, 0.3) is 0 Å². The first-order valence-electron chi connectivity index (χ1n) is 7.56. The smallest absolute Gasteiger partial charge is 0.242 e. The third kappa shape index (κ3) is 3.67. The molecular weight excluding hydrogens is 266 g/mol. The molecule has 116 valence electrons. The molecule has 0 radical (unpaired) electrons. The summed E-state index contributed by atoms with van der Waals surface area (Å²) >= 11 is 0. The zero-order valence-electron chi connectivity index (χ0n) is 12.9. The second-order valence-corrected chi connectivity index (χ2v) is 5.97. The summed E-state index contributed by atoms with van der Waals surface area (Å²) in [4.78, 5) is 16.5. The van der Waals surface area contributed by atoms with Gasteiger partial charge in [0, 0.05) is 37.9 Å². The van der Waals surface area contributed by atoms with Gasteiger partial charge in [-0.3, -0.25) is 4.79 Å². The summed E-state index contributed by atoms with van der Waals surface area (Å²) in [5.41, 5.74) is 6.36. The normalized spacial score (nSPS) is 18.4.